The van der Waals surface area contributed by atoms with Crippen LogP contribution in [0.25, 0.3) is 6.08 Å². The minimum atomic E-state index is -0.0221. The molecule has 0 atom stereocenters. The minimum absolute atomic E-state index is 0.0221. The number of hydrogen-bond acceptors (Lipinski definition) is 4. The molecule has 0 aliphatic carbocycles. The number of aliphatic imine (C=N–C) groups is 1. The number of amides is 1. The molecular formula is C28H27ClN2O2S. The van der Waals surface area contributed by atoms with Gasteiger partial charge in [0.2, 0.25) is 0 Å². The molecule has 6 heteroatoms. The van der Waals surface area contributed by atoms with Crippen LogP contribution < -0.4 is 4.74 Å². The lowest BCUT2D eigenvalue weighted by Gasteiger charge is -2.17. The molecule has 0 radical (unpaired) electrons. The number of nitrogens with zero attached hydrogens (tertiary/aromatic N) is 2. The Balaban J connectivity index is 1.49. The lowest BCUT2D eigenvalue weighted by Crippen LogP contribution is -2.32. The van der Waals surface area contributed by atoms with Crippen LogP contribution in [0.2, 0.25) is 5.02 Å². The number of aryl methyl sites for hydroxylation is 1. The maximum Gasteiger partial charge on any atom is 0.266 e. The number of thioether (sulfide) groups is 1. The summed E-state index contributed by atoms with van der Waals surface area (Å²) in [5.41, 5.74) is 4.07. The van der Waals surface area contributed by atoms with Gasteiger partial charge in [-0.2, -0.15) is 0 Å². The smallest absolute Gasteiger partial charge is 0.266 e. The van der Waals surface area contributed by atoms with Gasteiger partial charge in [-0.25, -0.2) is 4.99 Å². The molecule has 4 nitrogen and oxygen atoms in total. The Labute approximate surface area is 210 Å². The highest BCUT2D eigenvalue weighted by Crippen LogP contribution is 2.35. The molecule has 34 heavy (non-hydrogen) atoms. The summed E-state index contributed by atoms with van der Waals surface area (Å²) in [7, 11) is 0. The summed E-state index contributed by atoms with van der Waals surface area (Å²) in [6, 6.07) is 23.4. The molecule has 0 aromatic heterocycles. The van der Waals surface area contributed by atoms with Gasteiger partial charge < -0.3 is 4.74 Å². The van der Waals surface area contributed by atoms with E-state index in [1.165, 1.54) is 17.3 Å². The zero-order valence-corrected chi connectivity index (χ0v) is 21.1. The van der Waals surface area contributed by atoms with E-state index < -0.39 is 0 Å². The van der Waals surface area contributed by atoms with Gasteiger partial charge >= 0.3 is 0 Å². The molecule has 0 saturated carbocycles. The molecule has 1 fully saturated rings. The summed E-state index contributed by atoms with van der Waals surface area (Å²) < 4.78 is 5.90. The van der Waals surface area contributed by atoms with Gasteiger partial charge in [0.1, 0.15) is 12.4 Å². The fourth-order valence-electron chi connectivity index (χ4n) is 3.41. The molecule has 174 valence electrons. The second-order valence-corrected chi connectivity index (χ2v) is 10.1. The highest BCUT2D eigenvalue weighted by molar-refractivity contribution is 8.18. The highest BCUT2D eigenvalue weighted by Gasteiger charge is 2.33. The fourth-order valence-corrected chi connectivity index (χ4v) is 4.54. The average molecular weight is 491 g/mol. The van der Waals surface area contributed by atoms with E-state index in [2.05, 4.69) is 45.0 Å². The van der Waals surface area contributed by atoms with Crippen molar-refractivity contribution in [3.05, 3.63) is 99.4 Å². The summed E-state index contributed by atoms with van der Waals surface area (Å²) in [4.78, 5) is 20.3. The van der Waals surface area contributed by atoms with Crippen LogP contribution in [0.4, 0.5) is 5.69 Å². The van der Waals surface area contributed by atoms with Crippen LogP contribution in [0.1, 0.15) is 30.5 Å². The molecule has 4 rings (SSSR count). The highest BCUT2D eigenvalue weighted by atomic mass is 35.5. The number of amidine groups is 1. The second kappa shape index (κ2) is 10.9. The molecular weight excluding hydrogens is 464 g/mol. The van der Waals surface area contributed by atoms with Crippen LogP contribution in [-0.2, 0) is 11.4 Å². The van der Waals surface area contributed by atoms with E-state index in [-0.39, 0.29) is 5.91 Å². The molecule has 0 unspecified atom stereocenters. The number of halogens is 1. The number of carbonyl (C=O) groups excluding carboxylic acids is 1. The number of hydrogen-bond donors (Lipinski definition) is 0. The van der Waals surface area contributed by atoms with Crippen LogP contribution in [-0.4, -0.2) is 22.5 Å². The summed E-state index contributed by atoms with van der Waals surface area (Å²) in [6.07, 6.45) is 1.91. The SMILES string of the molecule is Cc1ccc(COc2ccc(/C=C3\SC(=Nc4ccc(Cl)cc4)N(CC(C)C)C3=O)cc2)cc1. The van der Waals surface area contributed by atoms with Gasteiger partial charge in [-0.1, -0.05) is 67.4 Å². The van der Waals surface area contributed by atoms with Gasteiger partial charge in [-0.3, -0.25) is 9.69 Å². The normalized spacial score (nSPS) is 16.1. The lowest BCUT2D eigenvalue weighted by molar-refractivity contribution is -0.122. The van der Waals surface area contributed by atoms with E-state index >= 15 is 0 Å². The summed E-state index contributed by atoms with van der Waals surface area (Å²) in [6.45, 7) is 7.38. The van der Waals surface area contributed by atoms with Gasteiger partial charge in [-0.05, 0) is 78.2 Å². The van der Waals surface area contributed by atoms with Crippen molar-refractivity contribution < 1.29 is 9.53 Å². The van der Waals surface area contributed by atoms with Gasteiger partial charge in [0, 0.05) is 11.6 Å². The van der Waals surface area contributed by atoms with Crippen molar-refractivity contribution >= 4 is 46.2 Å². The molecule has 3 aromatic rings. The second-order valence-electron chi connectivity index (χ2n) is 8.63. The van der Waals surface area contributed by atoms with Crippen molar-refractivity contribution in [3.8, 4) is 5.75 Å². The topological polar surface area (TPSA) is 41.9 Å². The molecule has 3 aromatic carbocycles. The predicted molar refractivity (Wildman–Crippen MR) is 143 cm³/mol. The van der Waals surface area contributed by atoms with Crippen LogP contribution >= 0.6 is 23.4 Å². The van der Waals surface area contributed by atoms with E-state index in [4.69, 9.17) is 21.3 Å². The molecule has 1 aliphatic heterocycles. The van der Waals surface area contributed by atoms with Crippen molar-refractivity contribution in [1.29, 1.82) is 0 Å². The predicted octanol–water partition coefficient (Wildman–Crippen LogP) is 7.49. The van der Waals surface area contributed by atoms with Gasteiger partial charge in [-0.15, -0.1) is 0 Å². The van der Waals surface area contributed by atoms with Gasteiger partial charge in [0.15, 0.2) is 5.17 Å². The van der Waals surface area contributed by atoms with E-state index in [1.807, 2.05) is 42.5 Å². The number of benzene rings is 3. The largest absolute Gasteiger partial charge is 0.489 e. The van der Waals surface area contributed by atoms with Gasteiger partial charge in [0.25, 0.3) is 5.91 Å². The summed E-state index contributed by atoms with van der Waals surface area (Å²) in [5, 5.41) is 1.34. The molecule has 1 heterocycles. The van der Waals surface area contributed by atoms with Crippen molar-refractivity contribution in [2.24, 2.45) is 10.9 Å². The molecule has 0 N–H and O–H groups in total. The Kier molecular flexibility index (Phi) is 7.76. The van der Waals surface area contributed by atoms with Crippen molar-refractivity contribution in [3.63, 3.8) is 0 Å². The first-order valence-electron chi connectivity index (χ1n) is 11.2. The zero-order chi connectivity index (χ0) is 24.1. The lowest BCUT2D eigenvalue weighted by atomic mass is 10.1. The number of carbonyl (C=O) groups is 1. The minimum Gasteiger partial charge on any atom is -0.489 e. The van der Waals surface area contributed by atoms with Gasteiger partial charge in [0.05, 0.1) is 10.6 Å². The third-order valence-electron chi connectivity index (χ3n) is 5.19. The molecule has 1 amide bonds. The number of ether oxygens (including phenoxy) is 1. The van der Waals surface area contributed by atoms with E-state index in [0.717, 1.165) is 22.6 Å². The Morgan fingerprint density at radius 1 is 1.00 bits per heavy atom. The first kappa shape index (κ1) is 24.1. The standard InChI is InChI=1S/C28H27ClN2O2S/c1-19(2)17-31-27(32)26(34-28(31)30-24-12-10-23(29)11-13-24)16-21-8-14-25(15-9-21)33-18-22-6-4-20(3)5-7-22/h4-16,19H,17-18H2,1-3H3/b26-16-,30-28?. The van der Waals surface area contributed by atoms with E-state index in [9.17, 15) is 4.79 Å². The third-order valence-corrected chi connectivity index (χ3v) is 6.45. The number of rotatable bonds is 7. The van der Waals surface area contributed by atoms with E-state index in [1.54, 1.807) is 17.0 Å². The van der Waals surface area contributed by atoms with Crippen molar-refractivity contribution in [2.45, 2.75) is 27.4 Å². The van der Waals surface area contributed by atoms with E-state index in [0.29, 0.717) is 34.2 Å². The van der Waals surface area contributed by atoms with Crippen LogP contribution in [0.5, 0.6) is 5.75 Å². The Morgan fingerprint density at radius 2 is 1.68 bits per heavy atom. The third kappa shape index (κ3) is 6.31. The Bertz CT molecular complexity index is 1200. The first-order chi connectivity index (χ1) is 16.4. The Hall–Kier alpha value is -3.02. The van der Waals surface area contributed by atoms with Crippen LogP contribution in [0.15, 0.2) is 82.7 Å². The molecule has 0 bridgehead atoms. The van der Waals surface area contributed by atoms with Crippen LogP contribution in [0, 0.1) is 12.8 Å². The quantitative estimate of drug-likeness (QED) is 0.322. The summed E-state index contributed by atoms with van der Waals surface area (Å²) in [5.74, 6) is 1.09. The molecule has 0 spiro atoms. The summed E-state index contributed by atoms with van der Waals surface area (Å²) >= 11 is 7.39. The monoisotopic (exact) mass is 490 g/mol. The molecule has 1 aliphatic rings. The maximum absolute atomic E-state index is 13.2. The Morgan fingerprint density at radius 3 is 2.32 bits per heavy atom. The molecule has 1 saturated heterocycles. The fraction of sp³-hybridized carbons (Fsp3) is 0.214. The first-order valence-corrected chi connectivity index (χ1v) is 12.4. The van der Waals surface area contributed by atoms with Crippen molar-refractivity contribution in [2.75, 3.05) is 6.54 Å². The van der Waals surface area contributed by atoms with Crippen molar-refractivity contribution in [1.82, 2.24) is 4.90 Å². The average Bonchev–Trinajstić information content (AvgIpc) is 3.09. The van der Waals surface area contributed by atoms with Crippen LogP contribution in [0.3, 0.4) is 0 Å². The maximum atomic E-state index is 13.2. The zero-order valence-electron chi connectivity index (χ0n) is 19.5.